The largest absolute Gasteiger partial charge is 0.335 e. The van der Waals surface area contributed by atoms with E-state index in [2.05, 4.69) is 31.3 Å². The predicted octanol–water partition coefficient (Wildman–Crippen LogP) is 4.19. The second kappa shape index (κ2) is 12.6. The van der Waals surface area contributed by atoms with Crippen LogP contribution in [0.25, 0.3) is 0 Å². The fourth-order valence-electron chi connectivity index (χ4n) is 5.60. The first-order chi connectivity index (χ1) is 17.8. The van der Waals surface area contributed by atoms with Gasteiger partial charge in [-0.15, -0.1) is 6.42 Å². The number of ketones is 1. The van der Waals surface area contributed by atoms with Crippen LogP contribution in [-0.2, 0) is 6.42 Å². The van der Waals surface area contributed by atoms with E-state index in [-0.39, 0.29) is 29.6 Å². The van der Waals surface area contributed by atoms with Crippen LogP contribution in [0.5, 0.6) is 0 Å². The van der Waals surface area contributed by atoms with Crippen molar-refractivity contribution < 1.29 is 14.0 Å². The molecule has 2 amide bonds. The van der Waals surface area contributed by atoms with E-state index in [9.17, 15) is 14.0 Å². The highest BCUT2D eigenvalue weighted by molar-refractivity contribution is 7.17. The first-order valence-corrected chi connectivity index (χ1v) is 13.8. The van der Waals surface area contributed by atoms with Gasteiger partial charge in [0.1, 0.15) is 5.82 Å². The van der Waals surface area contributed by atoms with Gasteiger partial charge >= 0.3 is 6.03 Å². The highest BCUT2D eigenvalue weighted by atomic mass is 32.1. The molecular weight excluding hydrogens is 489 g/mol. The molecule has 2 aromatic rings. The number of urea groups is 1. The second-order valence-electron chi connectivity index (χ2n) is 10.3. The quantitative estimate of drug-likeness (QED) is 0.399. The number of aromatic nitrogens is 1. The maximum atomic E-state index is 13.3. The minimum absolute atomic E-state index is 0.0137. The SMILES string of the molecule is C#CCN1CC[C@@H](NC(=O)Nc2nc(C)c(C(C)=O)s2)[C@H](CN2CCCC(Cc3ccc(F)cc3)C2)C1. The molecule has 0 radical (unpaired) electrons. The van der Waals surface area contributed by atoms with E-state index in [0.29, 0.717) is 28.2 Å². The molecule has 3 heterocycles. The number of likely N-dealkylation sites (tertiary alicyclic amines) is 2. The summed E-state index contributed by atoms with van der Waals surface area (Å²) in [6.45, 7) is 8.47. The second-order valence-corrected chi connectivity index (χ2v) is 11.3. The van der Waals surface area contributed by atoms with Crippen LogP contribution in [0.3, 0.4) is 0 Å². The number of halogens is 1. The summed E-state index contributed by atoms with van der Waals surface area (Å²) in [6.07, 6.45) is 9.66. The van der Waals surface area contributed by atoms with Crippen LogP contribution in [-0.4, -0.2) is 71.9 Å². The number of piperidine rings is 2. The monoisotopic (exact) mass is 525 g/mol. The summed E-state index contributed by atoms with van der Waals surface area (Å²) in [5.41, 5.74) is 1.81. The van der Waals surface area contributed by atoms with E-state index in [1.54, 1.807) is 6.92 Å². The number of carbonyl (C=O) groups is 2. The molecule has 0 saturated carbocycles. The lowest BCUT2D eigenvalue weighted by atomic mass is 9.88. The van der Waals surface area contributed by atoms with Crippen molar-refractivity contribution in [1.82, 2.24) is 20.1 Å². The number of nitrogens with one attached hydrogen (secondary N) is 2. The molecule has 2 saturated heterocycles. The number of amides is 2. The fourth-order valence-corrected chi connectivity index (χ4v) is 6.46. The van der Waals surface area contributed by atoms with Crippen molar-refractivity contribution in [3.63, 3.8) is 0 Å². The number of thiazole rings is 1. The van der Waals surface area contributed by atoms with Gasteiger partial charge < -0.3 is 10.2 Å². The van der Waals surface area contributed by atoms with E-state index < -0.39 is 0 Å². The third-order valence-electron chi connectivity index (χ3n) is 7.32. The Kier molecular flexibility index (Phi) is 9.30. The van der Waals surface area contributed by atoms with Crippen molar-refractivity contribution in [3.8, 4) is 12.3 Å². The molecule has 2 aliphatic rings. The molecule has 1 unspecified atom stereocenters. The molecule has 198 valence electrons. The van der Waals surface area contributed by atoms with Gasteiger partial charge in [-0.05, 0) is 62.8 Å². The van der Waals surface area contributed by atoms with Gasteiger partial charge in [0.25, 0.3) is 0 Å². The summed E-state index contributed by atoms with van der Waals surface area (Å²) in [4.78, 5) is 34.3. The van der Waals surface area contributed by atoms with Gasteiger partial charge in [0.2, 0.25) is 0 Å². The molecule has 2 fully saturated rings. The molecule has 7 nitrogen and oxygen atoms in total. The van der Waals surface area contributed by atoms with E-state index in [4.69, 9.17) is 6.42 Å². The van der Waals surface area contributed by atoms with Crippen molar-refractivity contribution in [2.45, 2.75) is 45.6 Å². The number of rotatable bonds is 8. The lowest BCUT2D eigenvalue weighted by Crippen LogP contribution is -2.55. The van der Waals surface area contributed by atoms with Crippen LogP contribution in [0.2, 0.25) is 0 Å². The van der Waals surface area contributed by atoms with Crippen molar-refractivity contribution in [2.24, 2.45) is 11.8 Å². The maximum absolute atomic E-state index is 13.3. The van der Waals surface area contributed by atoms with Crippen molar-refractivity contribution in [2.75, 3.05) is 44.6 Å². The Hall–Kier alpha value is -2.80. The Balaban J connectivity index is 1.37. The number of carbonyl (C=O) groups excluding carboxylic acids is 2. The summed E-state index contributed by atoms with van der Waals surface area (Å²) < 4.78 is 13.3. The Morgan fingerprint density at radius 1 is 1.19 bits per heavy atom. The lowest BCUT2D eigenvalue weighted by Gasteiger charge is -2.42. The normalized spacial score (nSPS) is 22.8. The minimum Gasteiger partial charge on any atom is -0.335 e. The average Bonchev–Trinajstić information content (AvgIpc) is 3.22. The Morgan fingerprint density at radius 2 is 1.97 bits per heavy atom. The summed E-state index contributed by atoms with van der Waals surface area (Å²) in [7, 11) is 0. The molecule has 4 rings (SSSR count). The molecule has 0 aliphatic carbocycles. The Morgan fingerprint density at radius 3 is 2.68 bits per heavy atom. The van der Waals surface area contributed by atoms with Crippen molar-refractivity contribution >= 4 is 28.3 Å². The molecule has 2 aliphatic heterocycles. The predicted molar refractivity (Wildman–Crippen MR) is 145 cm³/mol. The van der Waals surface area contributed by atoms with Gasteiger partial charge in [-0.1, -0.05) is 29.4 Å². The standard InChI is InChI=1S/C28H36FN5O2S/c1-4-12-33-14-11-25(31-27(36)32-28-30-19(2)26(37-28)20(3)35)23(17-33)18-34-13-5-6-22(16-34)15-21-7-9-24(29)10-8-21/h1,7-10,22-23,25H,5-6,11-18H2,2-3H3,(H2,30,31,32,36)/t22?,23-,25+/m0/s1. The highest BCUT2D eigenvalue weighted by Crippen LogP contribution is 2.26. The van der Waals surface area contributed by atoms with Crippen LogP contribution >= 0.6 is 11.3 Å². The molecule has 0 spiro atoms. The van der Waals surface area contributed by atoms with E-state index >= 15 is 0 Å². The Bertz CT molecular complexity index is 1130. The number of aryl methyl sites for hydroxylation is 1. The number of anilines is 1. The van der Waals surface area contributed by atoms with Crippen molar-refractivity contribution in [1.29, 1.82) is 0 Å². The van der Waals surface area contributed by atoms with Crippen LogP contribution < -0.4 is 10.6 Å². The molecule has 1 aromatic heterocycles. The zero-order valence-electron chi connectivity index (χ0n) is 21.6. The van der Waals surface area contributed by atoms with Gasteiger partial charge in [0.15, 0.2) is 10.9 Å². The van der Waals surface area contributed by atoms with E-state index in [0.717, 1.165) is 52.0 Å². The minimum atomic E-state index is -0.294. The summed E-state index contributed by atoms with van der Waals surface area (Å²) in [6, 6.07) is 6.56. The molecular formula is C28H36FN5O2S. The molecule has 2 N–H and O–H groups in total. The van der Waals surface area contributed by atoms with Gasteiger partial charge in [-0.2, -0.15) is 0 Å². The van der Waals surface area contributed by atoms with E-state index in [1.165, 1.54) is 42.4 Å². The molecule has 1 aromatic carbocycles. The Labute approximate surface area is 222 Å². The lowest BCUT2D eigenvalue weighted by molar-refractivity contribution is 0.0910. The average molecular weight is 526 g/mol. The van der Waals surface area contributed by atoms with Crippen LogP contribution in [0.1, 0.15) is 47.1 Å². The van der Waals surface area contributed by atoms with Crippen molar-refractivity contribution in [3.05, 3.63) is 46.2 Å². The first-order valence-electron chi connectivity index (χ1n) is 13.0. The molecule has 0 bridgehead atoms. The van der Waals surface area contributed by atoms with E-state index in [1.807, 2.05) is 12.1 Å². The number of hydrogen-bond donors (Lipinski definition) is 2. The van der Waals surface area contributed by atoms with Gasteiger partial charge in [0.05, 0.1) is 17.1 Å². The third-order valence-corrected chi connectivity index (χ3v) is 8.49. The zero-order valence-corrected chi connectivity index (χ0v) is 22.5. The van der Waals surface area contributed by atoms with Gasteiger partial charge in [-0.3, -0.25) is 15.0 Å². The number of Topliss-reactive ketones (excluding diaryl/α,β-unsaturated/α-hetero) is 1. The number of benzene rings is 1. The zero-order chi connectivity index (χ0) is 26.4. The summed E-state index contributed by atoms with van der Waals surface area (Å²) in [5.74, 6) is 3.27. The van der Waals surface area contributed by atoms with Crippen LogP contribution in [0.4, 0.5) is 14.3 Å². The maximum Gasteiger partial charge on any atom is 0.321 e. The smallest absolute Gasteiger partial charge is 0.321 e. The number of terminal acetylenes is 1. The van der Waals surface area contributed by atoms with Crippen LogP contribution in [0, 0.1) is 36.9 Å². The first kappa shape index (κ1) is 27.2. The van der Waals surface area contributed by atoms with Gasteiger partial charge in [0, 0.05) is 45.1 Å². The summed E-state index contributed by atoms with van der Waals surface area (Å²) >= 11 is 1.20. The molecule has 37 heavy (non-hydrogen) atoms. The number of hydrogen-bond acceptors (Lipinski definition) is 6. The summed E-state index contributed by atoms with van der Waals surface area (Å²) in [5, 5.41) is 6.43. The third kappa shape index (κ3) is 7.60. The fraction of sp³-hybridized carbons (Fsp3) is 0.536. The number of nitrogens with zero attached hydrogens (tertiary/aromatic N) is 3. The topological polar surface area (TPSA) is 77.6 Å². The molecule has 3 atom stereocenters. The highest BCUT2D eigenvalue weighted by Gasteiger charge is 2.33. The van der Waals surface area contributed by atoms with Crippen LogP contribution in [0.15, 0.2) is 24.3 Å². The molecule has 9 heteroatoms. The van der Waals surface area contributed by atoms with Gasteiger partial charge in [-0.25, -0.2) is 14.2 Å².